The van der Waals surface area contributed by atoms with Gasteiger partial charge in [-0.25, -0.2) is 0 Å². The van der Waals surface area contributed by atoms with Gasteiger partial charge in [-0.15, -0.1) is 0 Å². The standard InChI is InChI=1S/C16H26N2O2/c1-5-20-14-8-6-13(7-9-14)12(4)18-16(19)15(17)10-11(2)3/h6-9,11-12,15H,5,10,17H2,1-4H3,(H,18,19). The fraction of sp³-hybridized carbons (Fsp3) is 0.562. The smallest absolute Gasteiger partial charge is 0.237 e. The zero-order chi connectivity index (χ0) is 15.1. The summed E-state index contributed by atoms with van der Waals surface area (Å²) in [5, 5.41) is 2.95. The molecule has 0 heterocycles. The lowest BCUT2D eigenvalue weighted by Gasteiger charge is -2.19. The largest absolute Gasteiger partial charge is 0.494 e. The summed E-state index contributed by atoms with van der Waals surface area (Å²) < 4.78 is 5.40. The molecule has 0 aliphatic heterocycles. The number of nitrogens with two attached hydrogens (primary N) is 1. The SMILES string of the molecule is CCOc1ccc(C(C)NC(=O)C(N)CC(C)C)cc1. The molecule has 0 fully saturated rings. The Morgan fingerprint density at radius 1 is 1.25 bits per heavy atom. The number of hydrogen-bond acceptors (Lipinski definition) is 3. The Labute approximate surface area is 121 Å². The van der Waals surface area contributed by atoms with Gasteiger partial charge in [0.25, 0.3) is 0 Å². The summed E-state index contributed by atoms with van der Waals surface area (Å²) in [5.74, 6) is 1.16. The molecular formula is C16H26N2O2. The Hall–Kier alpha value is -1.55. The lowest BCUT2D eigenvalue weighted by Crippen LogP contribution is -2.42. The third kappa shape index (κ3) is 5.21. The predicted molar refractivity (Wildman–Crippen MR) is 81.6 cm³/mol. The summed E-state index contributed by atoms with van der Waals surface area (Å²) in [6.07, 6.45) is 0.696. The van der Waals surface area contributed by atoms with Crippen molar-refractivity contribution in [2.45, 2.75) is 46.2 Å². The second kappa shape index (κ2) is 7.90. The van der Waals surface area contributed by atoms with E-state index >= 15 is 0 Å². The average Bonchev–Trinajstić information content (AvgIpc) is 2.39. The maximum atomic E-state index is 12.0. The minimum absolute atomic E-state index is 0.0589. The summed E-state index contributed by atoms with van der Waals surface area (Å²) >= 11 is 0. The van der Waals surface area contributed by atoms with E-state index in [0.717, 1.165) is 11.3 Å². The highest BCUT2D eigenvalue weighted by atomic mass is 16.5. The zero-order valence-corrected chi connectivity index (χ0v) is 12.8. The van der Waals surface area contributed by atoms with Crippen LogP contribution < -0.4 is 15.8 Å². The van der Waals surface area contributed by atoms with Crippen molar-refractivity contribution >= 4 is 5.91 Å². The van der Waals surface area contributed by atoms with Crippen LogP contribution in [0.25, 0.3) is 0 Å². The number of amides is 1. The molecule has 4 heteroatoms. The Morgan fingerprint density at radius 2 is 1.85 bits per heavy atom. The molecule has 1 aromatic carbocycles. The molecule has 20 heavy (non-hydrogen) atoms. The molecule has 3 N–H and O–H groups in total. The van der Waals surface area contributed by atoms with Crippen LogP contribution in [0.4, 0.5) is 0 Å². The maximum absolute atomic E-state index is 12.0. The van der Waals surface area contributed by atoms with Crippen LogP contribution in [0.5, 0.6) is 5.75 Å². The van der Waals surface area contributed by atoms with Crippen LogP contribution in [0, 0.1) is 5.92 Å². The van der Waals surface area contributed by atoms with Gasteiger partial charge in [0.1, 0.15) is 5.75 Å². The monoisotopic (exact) mass is 278 g/mol. The number of hydrogen-bond donors (Lipinski definition) is 2. The molecule has 0 aromatic heterocycles. The molecule has 0 radical (unpaired) electrons. The van der Waals surface area contributed by atoms with Gasteiger partial charge in [-0.05, 0) is 43.9 Å². The van der Waals surface area contributed by atoms with Crippen LogP contribution in [0.15, 0.2) is 24.3 Å². The number of carbonyl (C=O) groups is 1. The molecule has 2 atom stereocenters. The third-order valence-corrected chi connectivity index (χ3v) is 3.11. The Morgan fingerprint density at radius 3 is 2.35 bits per heavy atom. The van der Waals surface area contributed by atoms with E-state index in [1.807, 2.05) is 38.1 Å². The van der Waals surface area contributed by atoms with Gasteiger partial charge in [0.15, 0.2) is 0 Å². The summed E-state index contributed by atoms with van der Waals surface area (Å²) in [7, 11) is 0. The van der Waals surface area contributed by atoms with Crippen molar-refractivity contribution in [3.63, 3.8) is 0 Å². The highest BCUT2D eigenvalue weighted by Gasteiger charge is 2.17. The lowest BCUT2D eigenvalue weighted by molar-refractivity contribution is -0.123. The van der Waals surface area contributed by atoms with Gasteiger partial charge < -0.3 is 15.8 Å². The molecule has 0 bridgehead atoms. The number of carbonyl (C=O) groups excluding carboxylic acids is 1. The quantitative estimate of drug-likeness (QED) is 0.806. The van der Waals surface area contributed by atoms with E-state index in [4.69, 9.17) is 10.5 Å². The van der Waals surface area contributed by atoms with E-state index in [2.05, 4.69) is 19.2 Å². The fourth-order valence-electron chi connectivity index (χ4n) is 2.04. The number of rotatable bonds is 7. The van der Waals surface area contributed by atoms with Crippen molar-refractivity contribution in [1.82, 2.24) is 5.32 Å². The van der Waals surface area contributed by atoms with Crippen LogP contribution >= 0.6 is 0 Å². The van der Waals surface area contributed by atoms with Crippen molar-refractivity contribution in [3.05, 3.63) is 29.8 Å². The normalized spacial score (nSPS) is 13.9. The Kier molecular flexibility index (Phi) is 6.52. The molecule has 112 valence electrons. The molecule has 4 nitrogen and oxygen atoms in total. The molecule has 1 amide bonds. The molecule has 0 aliphatic rings. The van der Waals surface area contributed by atoms with E-state index < -0.39 is 6.04 Å². The van der Waals surface area contributed by atoms with Crippen molar-refractivity contribution in [1.29, 1.82) is 0 Å². The van der Waals surface area contributed by atoms with Gasteiger partial charge >= 0.3 is 0 Å². The lowest BCUT2D eigenvalue weighted by atomic mass is 10.0. The summed E-state index contributed by atoms with van der Waals surface area (Å²) in [6.45, 7) is 8.67. The van der Waals surface area contributed by atoms with Gasteiger partial charge in [-0.2, -0.15) is 0 Å². The van der Waals surface area contributed by atoms with E-state index in [9.17, 15) is 4.79 Å². The van der Waals surface area contributed by atoms with E-state index in [1.54, 1.807) is 0 Å². The second-order valence-electron chi connectivity index (χ2n) is 5.47. The highest BCUT2D eigenvalue weighted by Crippen LogP contribution is 2.18. The molecule has 1 aromatic rings. The van der Waals surface area contributed by atoms with Crippen LogP contribution in [0.1, 0.15) is 45.7 Å². The summed E-state index contributed by atoms with van der Waals surface area (Å²) in [6, 6.07) is 7.25. The zero-order valence-electron chi connectivity index (χ0n) is 12.8. The van der Waals surface area contributed by atoms with Gasteiger partial charge in [0.05, 0.1) is 18.7 Å². The summed E-state index contributed by atoms with van der Waals surface area (Å²) in [5.41, 5.74) is 6.92. The van der Waals surface area contributed by atoms with E-state index in [0.29, 0.717) is 18.9 Å². The van der Waals surface area contributed by atoms with E-state index in [1.165, 1.54) is 0 Å². The van der Waals surface area contributed by atoms with E-state index in [-0.39, 0.29) is 11.9 Å². The minimum Gasteiger partial charge on any atom is -0.494 e. The minimum atomic E-state index is -0.444. The topological polar surface area (TPSA) is 64.3 Å². The molecule has 0 aliphatic carbocycles. The molecule has 0 spiro atoms. The van der Waals surface area contributed by atoms with Crippen molar-refractivity contribution in [2.75, 3.05) is 6.61 Å². The van der Waals surface area contributed by atoms with Crippen LogP contribution in [0.3, 0.4) is 0 Å². The summed E-state index contributed by atoms with van der Waals surface area (Å²) in [4.78, 5) is 12.0. The van der Waals surface area contributed by atoms with Crippen molar-refractivity contribution < 1.29 is 9.53 Å². The Bertz CT molecular complexity index is 415. The first-order valence-electron chi connectivity index (χ1n) is 7.22. The molecule has 0 saturated heterocycles. The maximum Gasteiger partial charge on any atom is 0.237 e. The Balaban J connectivity index is 2.57. The first-order valence-corrected chi connectivity index (χ1v) is 7.22. The predicted octanol–water partition coefficient (Wildman–Crippen LogP) is 2.64. The molecule has 2 unspecified atom stereocenters. The average molecular weight is 278 g/mol. The number of ether oxygens (including phenoxy) is 1. The molecular weight excluding hydrogens is 252 g/mol. The number of benzene rings is 1. The van der Waals surface area contributed by atoms with Gasteiger partial charge in [0.2, 0.25) is 5.91 Å². The fourth-order valence-corrected chi connectivity index (χ4v) is 2.04. The van der Waals surface area contributed by atoms with Crippen LogP contribution in [-0.4, -0.2) is 18.6 Å². The highest BCUT2D eigenvalue weighted by molar-refractivity contribution is 5.81. The van der Waals surface area contributed by atoms with Gasteiger partial charge in [0, 0.05) is 0 Å². The van der Waals surface area contributed by atoms with Crippen LogP contribution in [-0.2, 0) is 4.79 Å². The number of nitrogens with one attached hydrogen (secondary N) is 1. The van der Waals surface area contributed by atoms with Gasteiger partial charge in [-0.1, -0.05) is 26.0 Å². The first-order chi connectivity index (χ1) is 9.43. The second-order valence-corrected chi connectivity index (χ2v) is 5.47. The molecule has 1 rings (SSSR count). The third-order valence-electron chi connectivity index (χ3n) is 3.11. The molecule has 0 saturated carbocycles. The van der Waals surface area contributed by atoms with Crippen LogP contribution in [0.2, 0.25) is 0 Å². The van der Waals surface area contributed by atoms with Crippen molar-refractivity contribution in [2.24, 2.45) is 11.7 Å². The van der Waals surface area contributed by atoms with Gasteiger partial charge in [-0.3, -0.25) is 4.79 Å². The first kappa shape index (κ1) is 16.5. The van der Waals surface area contributed by atoms with Crippen molar-refractivity contribution in [3.8, 4) is 5.75 Å².